The van der Waals surface area contributed by atoms with Crippen molar-refractivity contribution in [1.29, 1.82) is 0 Å². The number of ether oxygens (including phenoxy) is 1. The summed E-state index contributed by atoms with van der Waals surface area (Å²) in [5.41, 5.74) is 0.887. The van der Waals surface area contributed by atoms with Gasteiger partial charge in [0, 0.05) is 31.3 Å². The molecule has 2 heterocycles. The second-order valence-corrected chi connectivity index (χ2v) is 13.9. The van der Waals surface area contributed by atoms with Crippen LogP contribution >= 0.6 is 19.6 Å². The summed E-state index contributed by atoms with van der Waals surface area (Å²) in [5.74, 6) is 0.796. The molecule has 1 aromatic carbocycles. The lowest BCUT2D eigenvalue weighted by molar-refractivity contribution is 0.368. The smallest absolute Gasteiger partial charge is 0.198 e. The summed E-state index contributed by atoms with van der Waals surface area (Å²) in [6, 6.07) is 7.95. The Morgan fingerprint density at radius 3 is 1.84 bits per heavy atom. The Morgan fingerprint density at radius 2 is 1.39 bits per heavy atom. The molecule has 0 atom stereocenters. The summed E-state index contributed by atoms with van der Waals surface area (Å²) in [5, 5.41) is 4.02. The van der Waals surface area contributed by atoms with E-state index < -0.39 is 7.36 Å². The van der Waals surface area contributed by atoms with Crippen LogP contribution in [0, 0.1) is 0 Å². The van der Waals surface area contributed by atoms with Crippen LogP contribution in [0.3, 0.4) is 0 Å². The Balaban J connectivity index is 2.06. The molecule has 0 saturated carbocycles. The van der Waals surface area contributed by atoms with Crippen LogP contribution in [-0.4, -0.2) is 52.9 Å². The molecule has 31 heavy (non-hydrogen) atoms. The lowest BCUT2D eigenvalue weighted by atomic mass is 10.2. The van der Waals surface area contributed by atoms with E-state index in [1.165, 1.54) is 51.4 Å². The van der Waals surface area contributed by atoms with Crippen LogP contribution in [0.1, 0.15) is 72.1 Å². The molecule has 2 aliphatic rings. The Hall–Kier alpha value is -0.940. The number of anilines is 1. The lowest BCUT2D eigenvalue weighted by Crippen LogP contribution is -2.42. The van der Waals surface area contributed by atoms with Crippen molar-refractivity contribution in [3.63, 3.8) is 0 Å². The van der Waals surface area contributed by atoms with Crippen molar-refractivity contribution in [1.82, 2.24) is 9.34 Å². The first kappa shape index (κ1) is 24.7. The molecule has 2 aliphatic heterocycles. The van der Waals surface area contributed by atoms with Crippen molar-refractivity contribution in [3.8, 4) is 5.75 Å². The second-order valence-electron chi connectivity index (χ2n) is 9.71. The van der Waals surface area contributed by atoms with E-state index >= 15 is 0 Å². The van der Waals surface area contributed by atoms with E-state index in [2.05, 4.69) is 35.4 Å². The van der Waals surface area contributed by atoms with Gasteiger partial charge in [0.05, 0.1) is 12.8 Å². The van der Waals surface area contributed by atoms with Gasteiger partial charge in [0.25, 0.3) is 0 Å². The summed E-state index contributed by atoms with van der Waals surface area (Å²) in [6.07, 6.45) is 10.3. The van der Waals surface area contributed by atoms with E-state index in [4.69, 9.17) is 21.7 Å². The molecule has 174 valence electrons. The van der Waals surface area contributed by atoms with Crippen LogP contribution in [0.4, 0.5) is 5.69 Å². The Kier molecular flexibility index (Phi) is 8.98. The lowest BCUT2D eigenvalue weighted by Gasteiger charge is -2.50. The predicted molar refractivity (Wildman–Crippen MR) is 138 cm³/mol. The maximum atomic E-state index is 5.91. The number of methoxy groups -OCH3 is 1. The molecule has 7 heteroatoms. The number of thiocarbonyl (C=S) groups is 1. The summed E-state index contributed by atoms with van der Waals surface area (Å²) in [6.45, 7) is 11.7. The minimum absolute atomic E-state index is 0.0220. The van der Waals surface area contributed by atoms with Crippen molar-refractivity contribution in [2.75, 3.05) is 38.6 Å². The molecule has 0 unspecified atom stereocenters. The van der Waals surface area contributed by atoms with Gasteiger partial charge in [-0.1, -0.05) is 58.6 Å². The van der Waals surface area contributed by atoms with Gasteiger partial charge in [0.2, 0.25) is 0 Å². The van der Waals surface area contributed by atoms with Gasteiger partial charge in [-0.05, 0) is 50.0 Å². The van der Waals surface area contributed by atoms with Crippen LogP contribution < -0.4 is 10.1 Å². The Bertz CT molecular complexity index is 752. The van der Waals surface area contributed by atoms with Gasteiger partial charge in [-0.15, -0.1) is 0 Å². The fourth-order valence-corrected chi connectivity index (χ4v) is 10.0. The molecule has 1 N–H and O–H groups in total. The molecule has 0 bridgehead atoms. The topological polar surface area (TPSA) is 40.1 Å². The number of benzene rings is 1. The van der Waals surface area contributed by atoms with E-state index in [9.17, 15) is 0 Å². The van der Waals surface area contributed by atoms with Crippen molar-refractivity contribution in [3.05, 3.63) is 24.3 Å². The average molecular weight is 465 g/mol. The maximum absolute atomic E-state index is 5.91. The van der Waals surface area contributed by atoms with Crippen LogP contribution in [0.2, 0.25) is 0 Å². The number of nitrogens with zero attached hydrogens (tertiary/aromatic N) is 3. The first-order chi connectivity index (χ1) is 14.9. The van der Waals surface area contributed by atoms with Crippen molar-refractivity contribution >= 4 is 30.4 Å². The van der Waals surface area contributed by atoms with Gasteiger partial charge < -0.3 is 10.1 Å². The van der Waals surface area contributed by atoms with Gasteiger partial charge >= 0.3 is 0 Å². The molecule has 0 spiro atoms. The van der Waals surface area contributed by atoms with Gasteiger partial charge in [0.1, 0.15) is 13.1 Å². The number of hydrogen-bond donors (Lipinski definition) is 1. The Morgan fingerprint density at radius 1 is 0.903 bits per heavy atom. The Labute approximate surface area is 195 Å². The minimum Gasteiger partial charge on any atom is -0.495 e. The molecule has 2 saturated heterocycles. The highest BCUT2D eigenvalue weighted by molar-refractivity contribution is 7.81. The SMILES string of the molecule is COc1ccccc1NC(=S)N=P(N1CCCCCC1)(N1CCCCCC1)C(C)(C)C. The first-order valence-corrected chi connectivity index (χ1v) is 14.0. The molecule has 0 aliphatic carbocycles. The number of nitrogens with one attached hydrogen (secondary N) is 1. The summed E-state index contributed by atoms with van der Waals surface area (Å²) in [4.78, 5) is 0. The molecule has 2 fully saturated rings. The number of para-hydroxylation sites is 2. The van der Waals surface area contributed by atoms with Crippen LogP contribution in [-0.2, 0) is 0 Å². The van der Waals surface area contributed by atoms with Crippen molar-refractivity contribution in [2.45, 2.75) is 77.3 Å². The molecular formula is C24H41N4OPS. The van der Waals surface area contributed by atoms with E-state index in [0.29, 0.717) is 5.11 Å². The highest BCUT2D eigenvalue weighted by Crippen LogP contribution is 2.66. The zero-order valence-corrected chi connectivity index (χ0v) is 21.6. The van der Waals surface area contributed by atoms with E-state index in [1.54, 1.807) is 7.11 Å². The first-order valence-electron chi connectivity index (χ1n) is 12.0. The van der Waals surface area contributed by atoms with Gasteiger partial charge in [0.15, 0.2) is 5.11 Å². The zero-order chi connectivity index (χ0) is 22.3. The fourth-order valence-electron chi connectivity index (χ4n) is 4.98. The molecule has 0 amide bonds. The maximum Gasteiger partial charge on any atom is 0.198 e. The third-order valence-electron chi connectivity index (χ3n) is 6.43. The molecule has 0 aromatic heterocycles. The minimum atomic E-state index is -2.06. The van der Waals surface area contributed by atoms with Crippen LogP contribution in [0.15, 0.2) is 29.0 Å². The van der Waals surface area contributed by atoms with E-state index in [1.807, 2.05) is 24.3 Å². The molecular weight excluding hydrogens is 423 g/mol. The third kappa shape index (κ3) is 5.90. The number of rotatable bonds is 4. The summed E-state index contributed by atoms with van der Waals surface area (Å²) >= 11 is 5.91. The van der Waals surface area contributed by atoms with E-state index in [-0.39, 0.29) is 5.16 Å². The van der Waals surface area contributed by atoms with Crippen molar-refractivity contribution < 1.29 is 4.74 Å². The number of hydrogen-bond acceptors (Lipinski definition) is 2. The standard InChI is InChI=1S/C24H41N4OPS/c1-24(2,3)30(27-17-11-5-6-12-18-27,28-19-13-7-8-14-20-28)26-23(31)25-21-15-9-10-16-22(21)29-4/h9-10,15-16H,5-8,11-14,17-20H2,1-4H3,(H,25,31). The average Bonchev–Trinajstić information content (AvgIpc) is 3.17. The molecule has 5 nitrogen and oxygen atoms in total. The van der Waals surface area contributed by atoms with Gasteiger partial charge in [-0.3, -0.25) is 9.34 Å². The molecule has 1 aromatic rings. The van der Waals surface area contributed by atoms with Crippen LogP contribution in [0.25, 0.3) is 0 Å². The largest absolute Gasteiger partial charge is 0.495 e. The molecule has 3 rings (SSSR count). The van der Waals surface area contributed by atoms with E-state index in [0.717, 1.165) is 37.6 Å². The monoisotopic (exact) mass is 464 g/mol. The zero-order valence-electron chi connectivity index (χ0n) is 19.9. The van der Waals surface area contributed by atoms with Crippen LogP contribution in [0.5, 0.6) is 5.75 Å². The fraction of sp³-hybridized carbons (Fsp3) is 0.708. The predicted octanol–water partition coefficient (Wildman–Crippen LogP) is 6.97. The summed E-state index contributed by atoms with van der Waals surface area (Å²) < 4.78 is 16.5. The van der Waals surface area contributed by atoms with Gasteiger partial charge in [-0.25, -0.2) is 4.74 Å². The normalized spacial score (nSPS) is 19.9. The van der Waals surface area contributed by atoms with Gasteiger partial charge in [-0.2, -0.15) is 0 Å². The third-order valence-corrected chi connectivity index (χ3v) is 11.4. The summed E-state index contributed by atoms with van der Waals surface area (Å²) in [7, 11) is -0.360. The second kappa shape index (κ2) is 11.3. The highest BCUT2D eigenvalue weighted by Gasteiger charge is 2.44. The van der Waals surface area contributed by atoms with Crippen molar-refractivity contribution in [2.24, 2.45) is 4.74 Å². The quantitative estimate of drug-likeness (QED) is 0.385. The highest BCUT2D eigenvalue weighted by atomic mass is 32.1. The molecule has 0 radical (unpaired) electrons.